The maximum Gasteiger partial charge on any atom is 0.241 e. The smallest absolute Gasteiger partial charge is 0.241 e. The number of carbonyl (C=O) groups excluding carboxylic acids is 2. The molecule has 1 N–H and O–H groups in total. The minimum absolute atomic E-state index is 0.272. The maximum atomic E-state index is 11.6. The third kappa shape index (κ3) is 2.10. The molecule has 0 spiro atoms. The van der Waals surface area contributed by atoms with Gasteiger partial charge in [0.1, 0.15) is 0 Å². The number of sulfonamides is 1. The second kappa shape index (κ2) is 3.66. The van der Waals surface area contributed by atoms with E-state index in [-0.39, 0.29) is 13.1 Å². The SMILES string of the molecule is CC(C)S(=O)(=O)N1CC(=O)NC(=O)C1. The van der Waals surface area contributed by atoms with Crippen molar-refractivity contribution in [3.05, 3.63) is 0 Å². The molecule has 0 bridgehead atoms. The Labute approximate surface area is 82.3 Å². The van der Waals surface area contributed by atoms with E-state index < -0.39 is 27.1 Å². The predicted octanol–water partition coefficient (Wildman–Crippen LogP) is -1.32. The van der Waals surface area contributed by atoms with Crippen LogP contribution in [0.2, 0.25) is 0 Å². The molecule has 0 aliphatic carbocycles. The van der Waals surface area contributed by atoms with Crippen LogP contribution in [0.1, 0.15) is 13.8 Å². The van der Waals surface area contributed by atoms with Gasteiger partial charge in [-0.1, -0.05) is 0 Å². The topological polar surface area (TPSA) is 83.6 Å². The van der Waals surface area contributed by atoms with Gasteiger partial charge in [0.15, 0.2) is 0 Å². The normalized spacial score (nSPS) is 19.9. The van der Waals surface area contributed by atoms with Crippen LogP contribution in [0.4, 0.5) is 0 Å². The number of piperazine rings is 1. The minimum atomic E-state index is -3.51. The molecule has 7 heteroatoms. The number of rotatable bonds is 2. The van der Waals surface area contributed by atoms with Gasteiger partial charge in [0.25, 0.3) is 0 Å². The van der Waals surface area contributed by atoms with Crippen LogP contribution in [-0.2, 0) is 19.6 Å². The second-order valence-electron chi connectivity index (χ2n) is 3.33. The van der Waals surface area contributed by atoms with E-state index in [1.807, 2.05) is 5.32 Å². The van der Waals surface area contributed by atoms with Gasteiger partial charge in [-0.25, -0.2) is 8.42 Å². The Balaban J connectivity index is 2.89. The highest BCUT2D eigenvalue weighted by molar-refractivity contribution is 7.89. The van der Waals surface area contributed by atoms with Crippen molar-refractivity contribution < 1.29 is 18.0 Å². The van der Waals surface area contributed by atoms with Crippen LogP contribution in [-0.4, -0.2) is 42.9 Å². The number of carbonyl (C=O) groups is 2. The van der Waals surface area contributed by atoms with Crippen LogP contribution in [0.25, 0.3) is 0 Å². The summed E-state index contributed by atoms with van der Waals surface area (Å²) < 4.78 is 24.0. The standard InChI is InChI=1S/C7H12N2O4S/c1-5(2)14(12,13)9-3-6(10)8-7(11)4-9/h5H,3-4H2,1-2H3,(H,8,10,11). The Bertz CT molecular complexity index is 344. The summed E-state index contributed by atoms with van der Waals surface area (Å²) in [6.07, 6.45) is 0. The van der Waals surface area contributed by atoms with Gasteiger partial charge in [0.05, 0.1) is 18.3 Å². The summed E-state index contributed by atoms with van der Waals surface area (Å²) in [4.78, 5) is 21.8. The Hall–Kier alpha value is -0.950. The van der Waals surface area contributed by atoms with Crippen LogP contribution in [0.5, 0.6) is 0 Å². The molecule has 1 rings (SSSR count). The monoisotopic (exact) mass is 220 g/mol. The van der Waals surface area contributed by atoms with E-state index in [1.54, 1.807) is 0 Å². The number of nitrogens with zero attached hydrogens (tertiary/aromatic N) is 1. The van der Waals surface area contributed by atoms with Crippen molar-refractivity contribution in [1.82, 2.24) is 9.62 Å². The Kier molecular flexibility index (Phi) is 2.91. The summed E-state index contributed by atoms with van der Waals surface area (Å²) in [6, 6.07) is 0. The Morgan fingerprint density at radius 2 is 1.64 bits per heavy atom. The van der Waals surface area contributed by atoms with Crippen molar-refractivity contribution >= 4 is 21.8 Å². The fourth-order valence-electron chi connectivity index (χ4n) is 1.09. The zero-order valence-corrected chi connectivity index (χ0v) is 8.80. The quantitative estimate of drug-likeness (QED) is 0.585. The predicted molar refractivity (Wildman–Crippen MR) is 48.8 cm³/mol. The lowest BCUT2D eigenvalue weighted by molar-refractivity contribution is -0.134. The van der Waals surface area contributed by atoms with Crippen molar-refractivity contribution in [2.45, 2.75) is 19.1 Å². The third-order valence-electron chi connectivity index (χ3n) is 1.87. The molecular weight excluding hydrogens is 208 g/mol. The summed E-state index contributed by atoms with van der Waals surface area (Å²) in [6.45, 7) is 2.47. The molecule has 1 heterocycles. The van der Waals surface area contributed by atoms with E-state index in [4.69, 9.17) is 0 Å². The van der Waals surface area contributed by atoms with Crippen molar-refractivity contribution in [3.63, 3.8) is 0 Å². The summed E-state index contributed by atoms with van der Waals surface area (Å²) >= 11 is 0. The maximum absolute atomic E-state index is 11.6. The summed E-state index contributed by atoms with van der Waals surface area (Å²) in [5, 5.41) is 1.41. The van der Waals surface area contributed by atoms with E-state index in [0.717, 1.165) is 4.31 Å². The summed E-state index contributed by atoms with van der Waals surface area (Å²) in [5.74, 6) is -1.16. The van der Waals surface area contributed by atoms with Crippen LogP contribution in [0.15, 0.2) is 0 Å². The van der Waals surface area contributed by atoms with Gasteiger partial charge in [-0.3, -0.25) is 14.9 Å². The van der Waals surface area contributed by atoms with Crippen LogP contribution >= 0.6 is 0 Å². The van der Waals surface area contributed by atoms with Gasteiger partial charge in [-0.15, -0.1) is 0 Å². The first-order chi connectivity index (χ1) is 6.34. The highest BCUT2D eigenvalue weighted by Crippen LogP contribution is 2.09. The second-order valence-corrected chi connectivity index (χ2v) is 5.82. The molecule has 80 valence electrons. The van der Waals surface area contributed by atoms with Gasteiger partial charge in [0, 0.05) is 0 Å². The molecule has 1 saturated heterocycles. The molecule has 1 fully saturated rings. The van der Waals surface area contributed by atoms with Gasteiger partial charge >= 0.3 is 0 Å². The molecule has 0 atom stereocenters. The zero-order chi connectivity index (χ0) is 10.9. The third-order valence-corrected chi connectivity index (χ3v) is 4.04. The zero-order valence-electron chi connectivity index (χ0n) is 7.98. The largest absolute Gasteiger partial charge is 0.294 e. The van der Waals surface area contributed by atoms with Gasteiger partial charge in [0.2, 0.25) is 21.8 Å². The lowest BCUT2D eigenvalue weighted by atomic mass is 10.4. The van der Waals surface area contributed by atoms with E-state index >= 15 is 0 Å². The van der Waals surface area contributed by atoms with Crippen LogP contribution in [0, 0.1) is 0 Å². The van der Waals surface area contributed by atoms with Crippen molar-refractivity contribution in [2.24, 2.45) is 0 Å². The molecule has 14 heavy (non-hydrogen) atoms. The Morgan fingerprint density at radius 3 is 2.00 bits per heavy atom. The fourth-order valence-corrected chi connectivity index (χ4v) is 2.28. The molecule has 1 aliphatic rings. The lowest BCUT2D eigenvalue weighted by Crippen LogP contribution is -2.54. The average Bonchev–Trinajstić information content (AvgIpc) is 2.01. The van der Waals surface area contributed by atoms with Gasteiger partial charge in [-0.05, 0) is 13.8 Å². The van der Waals surface area contributed by atoms with E-state index in [0.29, 0.717) is 0 Å². The van der Waals surface area contributed by atoms with Crippen molar-refractivity contribution in [2.75, 3.05) is 13.1 Å². The fraction of sp³-hybridized carbons (Fsp3) is 0.714. The molecule has 0 aromatic heterocycles. The van der Waals surface area contributed by atoms with Crippen LogP contribution < -0.4 is 5.32 Å². The van der Waals surface area contributed by atoms with Gasteiger partial charge < -0.3 is 0 Å². The molecule has 6 nitrogen and oxygen atoms in total. The van der Waals surface area contributed by atoms with E-state index in [9.17, 15) is 18.0 Å². The van der Waals surface area contributed by atoms with E-state index in [1.165, 1.54) is 13.8 Å². The van der Waals surface area contributed by atoms with Crippen molar-refractivity contribution in [1.29, 1.82) is 0 Å². The van der Waals surface area contributed by atoms with E-state index in [2.05, 4.69) is 0 Å². The number of nitrogens with one attached hydrogen (secondary N) is 1. The first kappa shape index (κ1) is 11.1. The molecular formula is C7H12N2O4S. The molecule has 0 aromatic carbocycles. The molecule has 0 radical (unpaired) electrons. The van der Waals surface area contributed by atoms with Crippen molar-refractivity contribution in [3.8, 4) is 0 Å². The molecule has 0 aromatic rings. The number of hydrogen-bond donors (Lipinski definition) is 1. The summed E-state index contributed by atoms with van der Waals surface area (Å²) in [5.41, 5.74) is 0. The highest BCUT2D eigenvalue weighted by atomic mass is 32.2. The average molecular weight is 220 g/mol. The molecule has 1 aliphatic heterocycles. The highest BCUT2D eigenvalue weighted by Gasteiger charge is 2.33. The van der Waals surface area contributed by atoms with Crippen LogP contribution in [0.3, 0.4) is 0 Å². The first-order valence-corrected chi connectivity index (χ1v) is 5.66. The number of amides is 2. The minimum Gasteiger partial charge on any atom is -0.294 e. The van der Waals surface area contributed by atoms with Gasteiger partial charge in [-0.2, -0.15) is 4.31 Å². The number of hydrogen-bond acceptors (Lipinski definition) is 4. The first-order valence-electron chi connectivity index (χ1n) is 4.15. The summed E-state index contributed by atoms with van der Waals surface area (Å²) in [7, 11) is -3.51. The molecule has 0 unspecified atom stereocenters. The molecule has 2 amide bonds. The Morgan fingerprint density at radius 1 is 1.21 bits per heavy atom. The number of imide groups is 1. The molecule has 0 saturated carbocycles. The lowest BCUT2D eigenvalue weighted by Gasteiger charge is -2.26.